The molecule has 0 heterocycles. The van der Waals surface area contributed by atoms with E-state index in [2.05, 4.69) is 0 Å². The van der Waals surface area contributed by atoms with Gasteiger partial charge in [0.1, 0.15) is 0 Å². The first-order valence-electron chi connectivity index (χ1n) is 8.33. The van der Waals surface area contributed by atoms with Crippen molar-refractivity contribution in [2.75, 3.05) is 0 Å². The highest BCUT2D eigenvalue weighted by Gasteiger charge is 2.15. The molecule has 0 radical (unpaired) electrons. The van der Waals surface area contributed by atoms with E-state index in [9.17, 15) is 19.5 Å². The summed E-state index contributed by atoms with van der Waals surface area (Å²) < 4.78 is 0. The molecule has 6 nitrogen and oxygen atoms in total. The lowest BCUT2D eigenvalue weighted by Gasteiger charge is -2.14. The van der Waals surface area contributed by atoms with Crippen molar-refractivity contribution < 1.29 is 29.7 Å². The minimum atomic E-state index is -1.09. The van der Waals surface area contributed by atoms with Gasteiger partial charge in [-0.3, -0.25) is 0 Å². The van der Waals surface area contributed by atoms with Crippen LogP contribution in [0.25, 0.3) is 22.3 Å². The molecule has 0 unspecified atom stereocenters. The summed E-state index contributed by atoms with van der Waals surface area (Å²) in [7, 11) is 0. The van der Waals surface area contributed by atoms with Gasteiger partial charge in [0.2, 0.25) is 0 Å². The van der Waals surface area contributed by atoms with Gasteiger partial charge in [-0.1, -0.05) is 24.3 Å². The van der Waals surface area contributed by atoms with Gasteiger partial charge in [-0.2, -0.15) is 0 Å². The summed E-state index contributed by atoms with van der Waals surface area (Å²) >= 11 is 0. The highest BCUT2D eigenvalue weighted by atomic mass is 16.4. The van der Waals surface area contributed by atoms with Gasteiger partial charge < -0.3 is 15.3 Å². The molecule has 0 aromatic heterocycles. The third-order valence-corrected chi connectivity index (χ3v) is 4.54. The molecular weight excluding hydrogens is 360 g/mol. The normalized spacial score (nSPS) is 10.5. The van der Waals surface area contributed by atoms with Crippen molar-refractivity contribution in [1.29, 1.82) is 0 Å². The third-order valence-electron chi connectivity index (χ3n) is 4.54. The largest absolute Gasteiger partial charge is 0.478 e. The fourth-order valence-electron chi connectivity index (χ4n) is 3.02. The zero-order chi connectivity index (χ0) is 20.4. The van der Waals surface area contributed by atoms with E-state index in [4.69, 9.17) is 10.2 Å². The summed E-state index contributed by atoms with van der Waals surface area (Å²) in [5, 5.41) is 27.6. The number of carboxylic acids is 3. The maximum absolute atomic E-state index is 11.6. The molecule has 0 fully saturated rings. The highest BCUT2D eigenvalue weighted by molar-refractivity contribution is 5.94. The molecule has 0 bridgehead atoms. The Hall–Kier alpha value is -3.93. The van der Waals surface area contributed by atoms with Gasteiger partial charge in [0.25, 0.3) is 0 Å². The molecule has 3 rings (SSSR count). The first-order valence-corrected chi connectivity index (χ1v) is 8.33. The van der Waals surface area contributed by atoms with Crippen molar-refractivity contribution >= 4 is 17.9 Å². The molecule has 0 atom stereocenters. The first kappa shape index (κ1) is 18.8. The quantitative estimate of drug-likeness (QED) is 0.607. The molecule has 28 heavy (non-hydrogen) atoms. The van der Waals surface area contributed by atoms with E-state index in [-0.39, 0.29) is 16.7 Å². The van der Waals surface area contributed by atoms with Crippen molar-refractivity contribution in [3.63, 3.8) is 0 Å². The second-order valence-corrected chi connectivity index (χ2v) is 6.27. The number of carboxylic acid groups (broad SMARTS) is 3. The molecule has 0 saturated carbocycles. The number of hydrogen-bond acceptors (Lipinski definition) is 3. The third kappa shape index (κ3) is 3.61. The summed E-state index contributed by atoms with van der Waals surface area (Å²) in [4.78, 5) is 33.7. The van der Waals surface area contributed by atoms with Crippen LogP contribution in [-0.2, 0) is 0 Å². The topological polar surface area (TPSA) is 112 Å². The number of aromatic carboxylic acids is 3. The molecule has 0 aliphatic heterocycles. The standard InChI is InChI=1S/C22H16O6/c1-12-18(13-2-6-15(7-3-13)20(23)24)10-17(22(27)28)11-19(12)14-4-8-16(9-5-14)21(25)26/h2-11H,1H3,(H,23,24)(H,25,26)(H,27,28). The average molecular weight is 376 g/mol. The molecule has 0 aliphatic rings. The van der Waals surface area contributed by atoms with Crippen molar-refractivity contribution in [2.24, 2.45) is 0 Å². The lowest BCUT2D eigenvalue weighted by molar-refractivity contribution is 0.0686. The van der Waals surface area contributed by atoms with Crippen LogP contribution in [-0.4, -0.2) is 33.2 Å². The van der Waals surface area contributed by atoms with Crippen LogP contribution >= 0.6 is 0 Å². The Labute approximate surface area is 160 Å². The van der Waals surface area contributed by atoms with Crippen LogP contribution in [0.5, 0.6) is 0 Å². The molecule has 0 aliphatic carbocycles. The van der Waals surface area contributed by atoms with E-state index < -0.39 is 17.9 Å². The van der Waals surface area contributed by atoms with Crippen LogP contribution in [0, 0.1) is 6.92 Å². The monoisotopic (exact) mass is 376 g/mol. The smallest absolute Gasteiger partial charge is 0.335 e. The molecule has 0 spiro atoms. The minimum Gasteiger partial charge on any atom is -0.478 e. The van der Waals surface area contributed by atoms with E-state index in [0.717, 1.165) is 5.56 Å². The van der Waals surface area contributed by atoms with E-state index in [1.165, 1.54) is 24.3 Å². The summed E-state index contributed by atoms with van der Waals surface area (Å²) in [6.07, 6.45) is 0. The zero-order valence-electron chi connectivity index (χ0n) is 14.8. The Balaban J connectivity index is 2.17. The molecular formula is C22H16O6. The molecule has 0 amide bonds. The lowest BCUT2D eigenvalue weighted by atomic mass is 9.90. The molecule has 3 N–H and O–H groups in total. The van der Waals surface area contributed by atoms with E-state index in [1.807, 2.05) is 6.92 Å². The van der Waals surface area contributed by atoms with Gasteiger partial charge in [-0.25, -0.2) is 14.4 Å². The zero-order valence-corrected chi connectivity index (χ0v) is 14.8. The fourth-order valence-corrected chi connectivity index (χ4v) is 3.02. The summed E-state index contributed by atoms with van der Waals surface area (Å²) in [6.45, 7) is 1.84. The van der Waals surface area contributed by atoms with Gasteiger partial charge >= 0.3 is 17.9 Å². The van der Waals surface area contributed by atoms with Gasteiger partial charge in [-0.15, -0.1) is 0 Å². The number of benzene rings is 3. The average Bonchev–Trinajstić information content (AvgIpc) is 2.68. The van der Waals surface area contributed by atoms with Gasteiger partial charge in [0, 0.05) is 0 Å². The van der Waals surface area contributed by atoms with E-state index in [1.54, 1.807) is 36.4 Å². The summed E-state index contributed by atoms with van der Waals surface area (Å²) in [5.41, 5.74) is 3.86. The number of hydrogen-bond donors (Lipinski definition) is 3. The maximum Gasteiger partial charge on any atom is 0.335 e. The van der Waals surface area contributed by atoms with Crippen LogP contribution in [0.1, 0.15) is 36.6 Å². The lowest BCUT2D eigenvalue weighted by Crippen LogP contribution is -2.01. The Morgan fingerprint density at radius 1 is 0.571 bits per heavy atom. The maximum atomic E-state index is 11.6. The number of rotatable bonds is 5. The predicted octanol–water partition coefficient (Wildman–Crippen LogP) is 4.42. The first-order chi connectivity index (χ1) is 13.3. The molecule has 6 heteroatoms. The predicted molar refractivity (Wildman–Crippen MR) is 103 cm³/mol. The Morgan fingerprint density at radius 2 is 0.893 bits per heavy atom. The van der Waals surface area contributed by atoms with Crippen LogP contribution in [0.2, 0.25) is 0 Å². The minimum absolute atomic E-state index is 0.0835. The molecule has 0 saturated heterocycles. The van der Waals surface area contributed by atoms with Crippen LogP contribution < -0.4 is 0 Å². The number of carbonyl (C=O) groups is 3. The van der Waals surface area contributed by atoms with E-state index >= 15 is 0 Å². The second-order valence-electron chi connectivity index (χ2n) is 6.27. The van der Waals surface area contributed by atoms with Gasteiger partial charge in [0.15, 0.2) is 0 Å². The van der Waals surface area contributed by atoms with Crippen LogP contribution in [0.4, 0.5) is 0 Å². The van der Waals surface area contributed by atoms with Crippen LogP contribution in [0.15, 0.2) is 60.7 Å². The fraction of sp³-hybridized carbons (Fsp3) is 0.0455. The summed E-state index contributed by atoms with van der Waals surface area (Å²) in [6, 6.07) is 15.5. The Morgan fingerprint density at radius 3 is 1.18 bits per heavy atom. The second kappa shape index (κ2) is 7.36. The van der Waals surface area contributed by atoms with Gasteiger partial charge in [0.05, 0.1) is 16.7 Å². The Bertz CT molecular complexity index is 1000. The van der Waals surface area contributed by atoms with Crippen molar-refractivity contribution in [3.8, 4) is 22.3 Å². The van der Waals surface area contributed by atoms with Crippen LogP contribution in [0.3, 0.4) is 0 Å². The van der Waals surface area contributed by atoms with E-state index in [0.29, 0.717) is 22.3 Å². The molecule has 3 aromatic rings. The molecule has 3 aromatic carbocycles. The van der Waals surface area contributed by atoms with Crippen molar-refractivity contribution in [2.45, 2.75) is 6.92 Å². The SMILES string of the molecule is Cc1c(-c2ccc(C(=O)O)cc2)cc(C(=O)O)cc1-c1ccc(C(=O)O)cc1. The van der Waals surface area contributed by atoms with Crippen molar-refractivity contribution in [3.05, 3.63) is 82.9 Å². The van der Waals surface area contributed by atoms with Crippen molar-refractivity contribution in [1.82, 2.24) is 0 Å². The summed E-state index contributed by atoms with van der Waals surface area (Å²) in [5.74, 6) is -3.17. The van der Waals surface area contributed by atoms with Gasteiger partial charge in [-0.05, 0) is 71.1 Å². The Kier molecular flexibility index (Phi) is 4.96. The molecule has 140 valence electrons. The highest BCUT2D eigenvalue weighted by Crippen LogP contribution is 2.34.